The number of carboxylic acid groups (broad SMARTS) is 1. The molecule has 10 aromatic rings. The summed E-state index contributed by atoms with van der Waals surface area (Å²) in [5.74, 6) is 3.89. The number of aryl methyl sites for hydroxylation is 4. The molecule has 1 N–H and O–H groups in total. The molecule has 12 nitrogen and oxygen atoms in total. The topological polar surface area (TPSA) is 136 Å². The second kappa shape index (κ2) is 33.4. The van der Waals surface area contributed by atoms with Crippen LogP contribution in [0.25, 0.3) is 33.9 Å². The van der Waals surface area contributed by atoms with Gasteiger partial charge in [0.15, 0.2) is 0 Å². The van der Waals surface area contributed by atoms with Crippen molar-refractivity contribution in [1.29, 1.82) is 0 Å². The number of hydrogen-bond acceptors (Lipinski definition) is 9. The fourth-order valence-electron chi connectivity index (χ4n) is 7.43. The molecule has 0 unspecified atom stereocenters. The minimum Gasteiger partial charge on any atom is 2.00 e. The SMILES string of the molecule is CC(=O)O.Cc1cccc(C)c1-n1cnc(-c2[c-]c(Oc3[c-]c(Oc4ccccn4)ccc3)ccc2)c1.Cc1cccc(C)c1-n1cnc(-c2cccc(Oc3cccc(Oc4ccccn4)c3)c2)c1.[Cl][Pt]([Cl])([Cl])[Cl].[K][K].[Pt+2]. The molecule has 396 valence electrons. The van der Waals surface area contributed by atoms with E-state index in [0.717, 1.165) is 46.6 Å². The van der Waals surface area contributed by atoms with Crippen LogP contribution in [0.3, 0.4) is 0 Å². The molecule has 0 aliphatic carbocycles. The zero-order valence-electron chi connectivity index (χ0n) is 43.3. The molecule has 0 aliphatic heterocycles. The largest absolute Gasteiger partial charge is 2.00 e. The van der Waals surface area contributed by atoms with E-state index in [1.54, 1.807) is 18.5 Å². The molecule has 0 amide bonds. The third kappa shape index (κ3) is 21.8. The normalized spacial score (nSPS) is 10.5. The molecule has 0 aliphatic rings. The van der Waals surface area contributed by atoms with Crippen molar-refractivity contribution in [3.05, 3.63) is 230 Å². The van der Waals surface area contributed by atoms with E-state index in [1.165, 1.54) is 85.4 Å². The molecule has 4 heterocycles. The van der Waals surface area contributed by atoms with Gasteiger partial charge >= 0.3 is 134 Å². The fourth-order valence-corrected chi connectivity index (χ4v) is 7.43. The third-order valence-electron chi connectivity index (χ3n) is 10.4. The Hall–Kier alpha value is -3.48. The van der Waals surface area contributed by atoms with E-state index in [2.05, 4.69) is 107 Å². The van der Waals surface area contributed by atoms with Gasteiger partial charge in [-0.3, -0.25) is 9.78 Å². The number of carboxylic acids is 1. The first-order valence-corrected chi connectivity index (χ1v) is 51.0. The van der Waals surface area contributed by atoms with Gasteiger partial charge < -0.3 is 33.2 Å². The van der Waals surface area contributed by atoms with E-state index in [9.17, 15) is 0 Å². The molecule has 0 bridgehead atoms. The number of halogens is 4. The molecule has 0 fully saturated rings. The second-order valence-corrected chi connectivity index (χ2v) is 35.9. The van der Waals surface area contributed by atoms with Gasteiger partial charge in [-0.15, -0.1) is 35.9 Å². The van der Waals surface area contributed by atoms with Crippen LogP contribution in [0.15, 0.2) is 195 Å². The zero-order valence-corrected chi connectivity index (χ0v) is 57.1. The molecule has 4 aromatic heterocycles. The molecular weight excluding hydrogens is 1490 g/mol. The van der Waals surface area contributed by atoms with Crippen molar-refractivity contribution in [3.63, 3.8) is 0 Å². The number of para-hydroxylation sites is 2. The second-order valence-electron chi connectivity index (χ2n) is 16.2. The van der Waals surface area contributed by atoms with Crippen molar-refractivity contribution in [2.24, 2.45) is 0 Å². The summed E-state index contributed by atoms with van der Waals surface area (Å²) in [4.78, 5) is 26.6. The van der Waals surface area contributed by atoms with Gasteiger partial charge in [0, 0.05) is 72.2 Å². The number of carbonyl (C=O) groups is 1. The van der Waals surface area contributed by atoms with Gasteiger partial charge in [0.05, 0.1) is 29.7 Å². The van der Waals surface area contributed by atoms with Gasteiger partial charge in [-0.05, 0) is 92.5 Å². The molecule has 0 atom stereocenters. The van der Waals surface area contributed by atoms with E-state index < -0.39 is 17.9 Å². The number of pyridine rings is 2. The molecule has 6 aromatic carbocycles. The Morgan fingerprint density at radius 3 is 1.45 bits per heavy atom. The Morgan fingerprint density at radius 1 is 0.513 bits per heavy atom. The van der Waals surface area contributed by atoms with Crippen LogP contribution >= 0.6 is 37.7 Å². The number of imidazole rings is 2. The fraction of sp³-hybridized carbons (Fsp3) is 0.0862. The first kappa shape index (κ1) is 65.3. The summed E-state index contributed by atoms with van der Waals surface area (Å²) < 4.78 is 27.8. The molecule has 78 heavy (non-hydrogen) atoms. The minimum absolute atomic E-state index is 0. The summed E-state index contributed by atoms with van der Waals surface area (Å²) in [6, 6.07) is 56.7. The maximum absolute atomic E-state index is 9.00. The molecule has 0 radical (unpaired) electrons. The first-order chi connectivity index (χ1) is 37.0. The molecule has 0 saturated carbocycles. The monoisotopic (exact) mass is 1530 g/mol. The summed E-state index contributed by atoms with van der Waals surface area (Å²) >= 11 is -0.556. The van der Waals surface area contributed by atoms with Crippen molar-refractivity contribution < 1.29 is 61.8 Å². The van der Waals surface area contributed by atoms with Gasteiger partial charge in [0.1, 0.15) is 17.2 Å². The molecular formula is C58H48Cl4K2N6O6Pt2. The van der Waals surface area contributed by atoms with Crippen molar-refractivity contribution in [1.82, 2.24) is 29.1 Å². The number of benzene rings is 6. The third-order valence-corrected chi connectivity index (χ3v) is 10.4. The van der Waals surface area contributed by atoms with Crippen LogP contribution < -0.4 is 18.9 Å². The maximum atomic E-state index is 9.00. The summed E-state index contributed by atoms with van der Waals surface area (Å²) in [5.41, 5.74) is 10.7. The first-order valence-electron chi connectivity index (χ1n) is 23.7. The van der Waals surface area contributed by atoms with Crippen LogP contribution in [0.1, 0.15) is 29.2 Å². The quantitative estimate of drug-likeness (QED) is 0.0930. The predicted octanol–water partition coefficient (Wildman–Crippen LogP) is 16.0. The van der Waals surface area contributed by atoms with Crippen molar-refractivity contribution in [2.45, 2.75) is 34.6 Å². The average molecular weight is 1540 g/mol. The Morgan fingerprint density at radius 2 is 0.923 bits per heavy atom. The predicted molar refractivity (Wildman–Crippen MR) is 305 cm³/mol. The van der Waals surface area contributed by atoms with E-state index in [-0.39, 0.29) is 21.1 Å². The van der Waals surface area contributed by atoms with Crippen molar-refractivity contribution in [3.8, 4) is 80.1 Å². The molecule has 0 spiro atoms. The summed E-state index contributed by atoms with van der Waals surface area (Å²) in [6.07, 6.45) is 11.1. The van der Waals surface area contributed by atoms with Gasteiger partial charge in [-0.1, -0.05) is 78.9 Å². The summed E-state index contributed by atoms with van der Waals surface area (Å²) in [6.45, 7) is 9.51. The van der Waals surface area contributed by atoms with Crippen molar-refractivity contribution >= 4 is 107 Å². The number of aliphatic carboxylic acids is 1. The number of hydrogen-bond donors (Lipinski definition) is 1. The van der Waals surface area contributed by atoms with Crippen LogP contribution in [-0.4, -0.2) is 103 Å². The Bertz CT molecular complexity index is 3220. The van der Waals surface area contributed by atoms with Crippen LogP contribution in [0.4, 0.5) is 0 Å². The molecule has 0 saturated heterocycles. The molecule has 20 heteroatoms. The van der Waals surface area contributed by atoms with E-state index in [0.29, 0.717) is 40.5 Å². The van der Waals surface area contributed by atoms with Crippen LogP contribution in [0.5, 0.6) is 46.3 Å². The number of rotatable bonds is 12. The van der Waals surface area contributed by atoms with E-state index >= 15 is 0 Å². The molecule has 10 rings (SSSR count). The van der Waals surface area contributed by atoms with Gasteiger partial charge in [0.25, 0.3) is 5.97 Å². The Balaban J connectivity index is 0.000000240. The average Bonchev–Trinajstić information content (AvgIpc) is 4.11. The zero-order chi connectivity index (χ0) is 55.3. The van der Waals surface area contributed by atoms with Crippen LogP contribution in [0, 0.1) is 39.8 Å². The van der Waals surface area contributed by atoms with E-state index in [4.69, 9.17) is 66.5 Å². The number of nitrogens with zero attached hydrogens (tertiary/aromatic N) is 6. The summed E-state index contributed by atoms with van der Waals surface area (Å²) in [7, 11) is 20.0. The number of ether oxygens (including phenoxy) is 4. The Kier molecular flexibility index (Phi) is 28.0. The van der Waals surface area contributed by atoms with Gasteiger partial charge in [-0.2, -0.15) is 6.07 Å². The minimum atomic E-state index is -3.06. The maximum Gasteiger partial charge on any atom is 2.00 e. The van der Waals surface area contributed by atoms with Gasteiger partial charge in [-0.25, -0.2) is 15.0 Å². The smallest absolute Gasteiger partial charge is 2.00 e. The summed E-state index contributed by atoms with van der Waals surface area (Å²) in [5, 5.41) is 7.42. The Labute approximate surface area is 533 Å². The van der Waals surface area contributed by atoms with Crippen molar-refractivity contribution in [2.75, 3.05) is 0 Å². The van der Waals surface area contributed by atoms with Crippen LogP contribution in [0.2, 0.25) is 0 Å². The van der Waals surface area contributed by atoms with E-state index in [1.807, 2.05) is 139 Å². The standard InChI is InChI=1S/C28H23N3O2.C28H21N3O2.C2H4O2.4ClH.2K.2Pt/c2*1-20-8-5-9-21(2)28(20)31-18-26(30-19-31)22-10-6-11-23(16-22)32-24-12-7-13-25(17-24)33-27-14-3-4-15-29-27;1-2(3)4;;;;;;;;/h3-19H,1-2H3;3-15,18-19H,1-2H3;1H3,(H,3,4);4*1H;;;;/q;-2;;;;;;;;+2;+4/p-4. The van der Waals surface area contributed by atoms with Crippen LogP contribution in [-0.2, 0) is 37.8 Å². The number of aromatic nitrogens is 6. The van der Waals surface area contributed by atoms with Gasteiger partial charge in [0.2, 0.25) is 11.8 Å².